The lowest BCUT2D eigenvalue weighted by atomic mass is 10.2. The number of benzene rings is 1. The highest BCUT2D eigenvalue weighted by molar-refractivity contribution is 7.99. The summed E-state index contributed by atoms with van der Waals surface area (Å²) in [6, 6.07) is 8.35. The molecule has 0 aliphatic heterocycles. The van der Waals surface area contributed by atoms with Gasteiger partial charge in [-0.1, -0.05) is 36.0 Å². The number of hydrogen-bond donors (Lipinski definition) is 0. The Labute approximate surface area is 133 Å². The van der Waals surface area contributed by atoms with Gasteiger partial charge in [-0.2, -0.15) is 4.98 Å². The molecule has 3 aromatic rings. The lowest BCUT2D eigenvalue weighted by Crippen LogP contribution is -1.98. The smallest absolute Gasteiger partial charge is 0.239 e. The molecule has 0 amide bonds. The Kier molecular flexibility index (Phi) is 4.29. The second-order valence-electron chi connectivity index (χ2n) is 5.08. The molecule has 0 aliphatic carbocycles. The van der Waals surface area contributed by atoms with Crippen LogP contribution in [0.1, 0.15) is 36.4 Å². The van der Waals surface area contributed by atoms with Gasteiger partial charge >= 0.3 is 0 Å². The van der Waals surface area contributed by atoms with E-state index in [0.29, 0.717) is 5.89 Å². The summed E-state index contributed by atoms with van der Waals surface area (Å²) < 4.78 is 7.39. The van der Waals surface area contributed by atoms with Crippen LogP contribution in [0, 0.1) is 6.92 Å². The number of aromatic nitrogens is 4. The van der Waals surface area contributed by atoms with E-state index in [1.54, 1.807) is 11.8 Å². The van der Waals surface area contributed by atoms with Gasteiger partial charge in [0.15, 0.2) is 11.0 Å². The SMILES string of the molecule is CCc1noc(C(C)Sc2nccn2-c2cccc(C)c2)n1. The Morgan fingerprint density at radius 3 is 2.95 bits per heavy atom. The number of imidazole rings is 1. The summed E-state index contributed by atoms with van der Waals surface area (Å²) in [5.41, 5.74) is 2.33. The normalized spacial score (nSPS) is 12.5. The number of thioether (sulfide) groups is 1. The molecule has 5 nitrogen and oxygen atoms in total. The number of aryl methyl sites for hydroxylation is 2. The van der Waals surface area contributed by atoms with Gasteiger partial charge in [0.1, 0.15) is 0 Å². The van der Waals surface area contributed by atoms with Gasteiger partial charge in [0, 0.05) is 24.5 Å². The molecule has 0 N–H and O–H groups in total. The van der Waals surface area contributed by atoms with Crippen LogP contribution in [0.3, 0.4) is 0 Å². The molecular formula is C16H18N4OS. The first kappa shape index (κ1) is 14.8. The van der Waals surface area contributed by atoms with E-state index in [1.165, 1.54) is 5.56 Å². The third-order valence-electron chi connectivity index (χ3n) is 3.32. The molecule has 0 fully saturated rings. The molecule has 3 rings (SSSR count). The highest BCUT2D eigenvalue weighted by Gasteiger charge is 2.18. The second kappa shape index (κ2) is 6.36. The van der Waals surface area contributed by atoms with E-state index in [-0.39, 0.29) is 5.25 Å². The lowest BCUT2D eigenvalue weighted by Gasteiger charge is -2.10. The van der Waals surface area contributed by atoms with Crippen LogP contribution in [0.15, 0.2) is 46.3 Å². The predicted molar refractivity (Wildman–Crippen MR) is 86.2 cm³/mol. The summed E-state index contributed by atoms with van der Waals surface area (Å²) >= 11 is 1.61. The van der Waals surface area contributed by atoms with E-state index in [2.05, 4.69) is 44.8 Å². The van der Waals surface area contributed by atoms with Crippen molar-refractivity contribution in [2.75, 3.05) is 0 Å². The minimum Gasteiger partial charge on any atom is -0.338 e. The van der Waals surface area contributed by atoms with Crippen molar-refractivity contribution in [1.82, 2.24) is 19.7 Å². The molecule has 1 atom stereocenters. The molecule has 0 saturated heterocycles. The third kappa shape index (κ3) is 3.06. The first-order valence-electron chi connectivity index (χ1n) is 7.27. The van der Waals surface area contributed by atoms with Gasteiger partial charge in [-0.25, -0.2) is 4.98 Å². The van der Waals surface area contributed by atoms with Crippen LogP contribution in [0.25, 0.3) is 5.69 Å². The average molecular weight is 314 g/mol. The summed E-state index contributed by atoms with van der Waals surface area (Å²) in [7, 11) is 0. The summed E-state index contributed by atoms with van der Waals surface area (Å²) in [5, 5.41) is 4.92. The average Bonchev–Trinajstić information content (AvgIpc) is 3.16. The molecule has 1 unspecified atom stereocenters. The summed E-state index contributed by atoms with van der Waals surface area (Å²) in [6.45, 7) is 6.14. The first-order valence-corrected chi connectivity index (χ1v) is 8.15. The fourth-order valence-corrected chi connectivity index (χ4v) is 3.05. The van der Waals surface area contributed by atoms with Crippen molar-refractivity contribution in [3.63, 3.8) is 0 Å². The number of hydrogen-bond acceptors (Lipinski definition) is 5. The second-order valence-corrected chi connectivity index (χ2v) is 6.39. The van der Waals surface area contributed by atoms with Crippen LogP contribution in [0.4, 0.5) is 0 Å². The van der Waals surface area contributed by atoms with E-state index in [9.17, 15) is 0 Å². The van der Waals surface area contributed by atoms with Crippen molar-refractivity contribution in [3.8, 4) is 5.69 Å². The molecule has 2 heterocycles. The van der Waals surface area contributed by atoms with E-state index in [4.69, 9.17) is 4.52 Å². The summed E-state index contributed by atoms with van der Waals surface area (Å²) in [5.74, 6) is 1.38. The van der Waals surface area contributed by atoms with Crippen LogP contribution in [-0.2, 0) is 6.42 Å². The van der Waals surface area contributed by atoms with Gasteiger partial charge in [-0.3, -0.25) is 4.57 Å². The van der Waals surface area contributed by atoms with E-state index < -0.39 is 0 Å². The van der Waals surface area contributed by atoms with Gasteiger partial charge < -0.3 is 4.52 Å². The third-order valence-corrected chi connectivity index (χ3v) is 4.38. The monoisotopic (exact) mass is 314 g/mol. The van der Waals surface area contributed by atoms with Crippen molar-refractivity contribution < 1.29 is 4.52 Å². The number of rotatable bonds is 5. The maximum atomic E-state index is 5.31. The lowest BCUT2D eigenvalue weighted by molar-refractivity contribution is 0.375. The zero-order chi connectivity index (χ0) is 15.5. The molecule has 0 radical (unpaired) electrons. The molecule has 0 spiro atoms. The van der Waals surface area contributed by atoms with Gasteiger partial charge in [0.25, 0.3) is 0 Å². The summed E-state index contributed by atoms with van der Waals surface area (Å²) in [6.07, 6.45) is 4.55. The van der Waals surface area contributed by atoms with Crippen LogP contribution in [-0.4, -0.2) is 19.7 Å². The Hall–Kier alpha value is -2.08. The van der Waals surface area contributed by atoms with Crippen LogP contribution in [0.5, 0.6) is 0 Å². The predicted octanol–water partition coefficient (Wildman–Crippen LogP) is 3.98. The molecule has 1 aromatic carbocycles. The van der Waals surface area contributed by atoms with Gasteiger partial charge in [-0.15, -0.1) is 0 Å². The van der Waals surface area contributed by atoms with Gasteiger partial charge in [0.2, 0.25) is 5.89 Å². The Balaban J connectivity index is 1.83. The van der Waals surface area contributed by atoms with Crippen LogP contribution < -0.4 is 0 Å². The molecule has 22 heavy (non-hydrogen) atoms. The van der Waals surface area contributed by atoms with Crippen molar-refractivity contribution in [2.45, 2.75) is 37.6 Å². The van der Waals surface area contributed by atoms with E-state index in [0.717, 1.165) is 23.1 Å². The molecule has 0 saturated carbocycles. The molecule has 6 heteroatoms. The van der Waals surface area contributed by atoms with Crippen LogP contribution >= 0.6 is 11.8 Å². The fraction of sp³-hybridized carbons (Fsp3) is 0.312. The van der Waals surface area contributed by atoms with E-state index in [1.807, 2.05) is 32.3 Å². The van der Waals surface area contributed by atoms with Crippen molar-refractivity contribution in [3.05, 3.63) is 53.9 Å². The Morgan fingerprint density at radius 1 is 1.36 bits per heavy atom. The molecule has 0 bridgehead atoms. The maximum Gasteiger partial charge on any atom is 0.239 e. The maximum absolute atomic E-state index is 5.31. The number of nitrogens with zero attached hydrogens (tertiary/aromatic N) is 4. The van der Waals surface area contributed by atoms with Gasteiger partial charge in [-0.05, 0) is 31.5 Å². The van der Waals surface area contributed by atoms with Crippen molar-refractivity contribution >= 4 is 11.8 Å². The van der Waals surface area contributed by atoms with Crippen molar-refractivity contribution in [1.29, 1.82) is 0 Å². The zero-order valence-electron chi connectivity index (χ0n) is 12.9. The van der Waals surface area contributed by atoms with Crippen LogP contribution in [0.2, 0.25) is 0 Å². The highest BCUT2D eigenvalue weighted by atomic mass is 32.2. The minimum absolute atomic E-state index is 0.0544. The largest absolute Gasteiger partial charge is 0.338 e. The van der Waals surface area contributed by atoms with Crippen molar-refractivity contribution in [2.24, 2.45) is 0 Å². The zero-order valence-corrected chi connectivity index (χ0v) is 13.7. The topological polar surface area (TPSA) is 56.7 Å². The standard InChI is InChI=1S/C16H18N4OS/c1-4-14-18-15(21-19-14)12(3)22-16-17-8-9-20(16)13-7-5-6-11(2)10-13/h5-10,12H,4H2,1-3H3. The molecule has 114 valence electrons. The Morgan fingerprint density at radius 2 is 2.23 bits per heavy atom. The molecular weight excluding hydrogens is 296 g/mol. The highest BCUT2D eigenvalue weighted by Crippen LogP contribution is 2.34. The quantitative estimate of drug-likeness (QED) is 0.667. The fourth-order valence-electron chi connectivity index (χ4n) is 2.14. The summed E-state index contributed by atoms with van der Waals surface area (Å²) in [4.78, 5) is 8.84. The van der Waals surface area contributed by atoms with Gasteiger partial charge in [0.05, 0.1) is 5.25 Å². The molecule has 2 aromatic heterocycles. The molecule has 0 aliphatic rings. The minimum atomic E-state index is 0.0544. The van der Waals surface area contributed by atoms with E-state index >= 15 is 0 Å². The first-order chi connectivity index (χ1) is 10.7. The Bertz CT molecular complexity index is 765.